The van der Waals surface area contributed by atoms with E-state index < -0.39 is 5.91 Å². The van der Waals surface area contributed by atoms with Crippen molar-refractivity contribution in [2.45, 2.75) is 0 Å². The van der Waals surface area contributed by atoms with Crippen LogP contribution in [0.5, 0.6) is 5.75 Å². The van der Waals surface area contributed by atoms with Crippen LogP contribution in [0.15, 0.2) is 18.2 Å². The van der Waals surface area contributed by atoms with Gasteiger partial charge in [-0.05, 0) is 12.1 Å². The van der Waals surface area contributed by atoms with E-state index in [9.17, 15) is 4.79 Å². The van der Waals surface area contributed by atoms with Gasteiger partial charge in [-0.1, -0.05) is 17.7 Å². The molecule has 76 valence electrons. The minimum Gasteiger partial charge on any atom is -0.495 e. The maximum atomic E-state index is 11.2. The van der Waals surface area contributed by atoms with Crippen molar-refractivity contribution < 1.29 is 14.7 Å². The number of carbonyl (C=O) groups excluding carboxylic acids is 1. The number of benzene rings is 1. The van der Waals surface area contributed by atoms with Crippen LogP contribution in [0.2, 0.25) is 5.02 Å². The van der Waals surface area contributed by atoms with Gasteiger partial charge >= 0.3 is 0 Å². The molecule has 1 rings (SSSR count). The van der Waals surface area contributed by atoms with Crippen molar-refractivity contribution in [1.29, 1.82) is 0 Å². The van der Waals surface area contributed by atoms with E-state index in [1.165, 1.54) is 13.2 Å². The Hall–Kier alpha value is -0.970. The van der Waals surface area contributed by atoms with Crippen molar-refractivity contribution >= 4 is 29.3 Å². The summed E-state index contributed by atoms with van der Waals surface area (Å²) >= 11 is 10.9. The number of rotatable bonds is 2. The van der Waals surface area contributed by atoms with Gasteiger partial charge in [0.1, 0.15) is 5.75 Å². The molecule has 0 aromatic heterocycles. The fourth-order valence-electron chi connectivity index (χ4n) is 0.933. The predicted molar refractivity (Wildman–Crippen MR) is 51.8 cm³/mol. The third-order valence-electron chi connectivity index (χ3n) is 1.58. The van der Waals surface area contributed by atoms with Gasteiger partial charge < -0.3 is 4.74 Å². The lowest BCUT2D eigenvalue weighted by atomic mass is 10.2. The molecule has 1 aromatic rings. The van der Waals surface area contributed by atoms with Crippen molar-refractivity contribution in [2.75, 3.05) is 7.11 Å². The van der Waals surface area contributed by atoms with Crippen molar-refractivity contribution in [2.24, 2.45) is 0 Å². The van der Waals surface area contributed by atoms with Gasteiger partial charge in [-0.3, -0.25) is 10.0 Å². The highest BCUT2D eigenvalue weighted by molar-refractivity contribution is 6.36. The van der Waals surface area contributed by atoms with Gasteiger partial charge in [0, 0.05) is 11.8 Å². The summed E-state index contributed by atoms with van der Waals surface area (Å²) in [6.45, 7) is 0. The molecule has 0 heterocycles. The number of hydrogen-bond acceptors (Lipinski definition) is 3. The average Bonchev–Trinajstić information content (AvgIpc) is 2.17. The monoisotopic (exact) mass is 235 g/mol. The Balaban J connectivity index is 3.16. The minimum absolute atomic E-state index is 0.0549. The Kier molecular flexibility index (Phi) is 3.57. The molecule has 1 amide bonds. The molecule has 0 aliphatic rings. The first-order valence-electron chi connectivity index (χ1n) is 3.59. The summed E-state index contributed by atoms with van der Waals surface area (Å²) in [5, 5.41) is 8.82. The normalized spacial score (nSPS) is 9.71. The number of carbonyl (C=O) groups is 1. The number of ether oxygens (including phenoxy) is 1. The summed E-state index contributed by atoms with van der Waals surface area (Å²) in [6.07, 6.45) is 0. The van der Waals surface area contributed by atoms with Gasteiger partial charge in [0.05, 0.1) is 17.7 Å². The number of halogens is 2. The van der Waals surface area contributed by atoms with Gasteiger partial charge in [0.25, 0.3) is 5.91 Å². The number of hydrogen-bond donors (Lipinski definition) is 1. The Labute approximate surface area is 90.7 Å². The van der Waals surface area contributed by atoms with E-state index in [1.807, 2.05) is 0 Å². The zero-order valence-electron chi connectivity index (χ0n) is 7.20. The molecule has 0 aliphatic carbocycles. The maximum absolute atomic E-state index is 11.2. The lowest BCUT2D eigenvalue weighted by Crippen LogP contribution is -2.17. The third kappa shape index (κ3) is 2.09. The molecule has 4 nitrogen and oxygen atoms in total. The molecule has 0 radical (unpaired) electrons. The molecule has 1 N–H and O–H groups in total. The smallest absolute Gasteiger partial charge is 0.294 e. The molecule has 14 heavy (non-hydrogen) atoms. The molecule has 0 bridgehead atoms. The van der Waals surface area contributed by atoms with E-state index in [0.717, 1.165) is 0 Å². The van der Waals surface area contributed by atoms with E-state index in [0.29, 0.717) is 5.75 Å². The maximum Gasteiger partial charge on any atom is 0.294 e. The molecule has 0 unspecified atom stereocenters. The average molecular weight is 236 g/mol. The molecular formula is C8H7Cl2NO3. The van der Waals surface area contributed by atoms with E-state index in [2.05, 4.69) is 0 Å². The molecule has 0 fully saturated rings. The lowest BCUT2D eigenvalue weighted by molar-refractivity contribution is 0.00923. The Bertz CT molecular complexity index is 354. The third-order valence-corrected chi connectivity index (χ3v) is 2.12. The number of hydroxylamine groups is 1. The minimum atomic E-state index is -0.810. The SMILES string of the molecule is COc1cccc(C(=O)N(O)Cl)c1Cl. The second-order valence-corrected chi connectivity index (χ2v) is 3.09. The van der Waals surface area contributed by atoms with E-state index in [-0.39, 0.29) is 15.2 Å². The Morgan fingerprint density at radius 1 is 1.57 bits per heavy atom. The van der Waals surface area contributed by atoms with Gasteiger partial charge in [-0.15, -0.1) is 4.58 Å². The molecule has 1 aromatic carbocycles. The van der Waals surface area contributed by atoms with Crippen LogP contribution in [0, 0.1) is 0 Å². The summed E-state index contributed by atoms with van der Waals surface area (Å²) < 4.78 is 4.83. The van der Waals surface area contributed by atoms with Crippen LogP contribution < -0.4 is 4.74 Å². The van der Waals surface area contributed by atoms with Crippen molar-refractivity contribution in [3.63, 3.8) is 0 Å². The van der Waals surface area contributed by atoms with Crippen LogP contribution in [-0.2, 0) is 0 Å². The van der Waals surface area contributed by atoms with Crippen molar-refractivity contribution in [3.05, 3.63) is 28.8 Å². The van der Waals surface area contributed by atoms with E-state index in [4.69, 9.17) is 33.3 Å². The molecule has 0 spiro atoms. The second kappa shape index (κ2) is 4.50. The van der Waals surface area contributed by atoms with Crippen LogP contribution in [0.1, 0.15) is 10.4 Å². The summed E-state index contributed by atoms with van der Waals surface area (Å²) in [5.41, 5.74) is 0.0727. The number of amides is 1. The molecular weight excluding hydrogens is 229 g/mol. The Morgan fingerprint density at radius 2 is 2.21 bits per heavy atom. The highest BCUT2D eigenvalue weighted by Crippen LogP contribution is 2.28. The predicted octanol–water partition coefficient (Wildman–Crippen LogP) is 2.33. The van der Waals surface area contributed by atoms with Gasteiger partial charge in [0.15, 0.2) is 0 Å². The van der Waals surface area contributed by atoms with Crippen LogP contribution >= 0.6 is 23.4 Å². The zero-order chi connectivity index (χ0) is 10.7. The van der Waals surface area contributed by atoms with Crippen molar-refractivity contribution in [3.8, 4) is 5.75 Å². The molecule has 0 saturated carbocycles. The quantitative estimate of drug-likeness (QED) is 0.487. The first-order chi connectivity index (χ1) is 6.57. The van der Waals surface area contributed by atoms with Gasteiger partial charge in [0.2, 0.25) is 0 Å². The van der Waals surface area contributed by atoms with Crippen molar-refractivity contribution in [1.82, 2.24) is 4.58 Å². The van der Waals surface area contributed by atoms with Crippen LogP contribution in [0.25, 0.3) is 0 Å². The molecule has 0 aliphatic heterocycles. The highest BCUT2D eigenvalue weighted by atomic mass is 35.5. The van der Waals surface area contributed by atoms with Gasteiger partial charge in [-0.25, -0.2) is 0 Å². The molecule has 0 saturated heterocycles. The summed E-state index contributed by atoms with van der Waals surface area (Å²) in [4.78, 5) is 11.2. The topological polar surface area (TPSA) is 49.8 Å². The fraction of sp³-hybridized carbons (Fsp3) is 0.125. The van der Waals surface area contributed by atoms with Crippen LogP contribution in [0.3, 0.4) is 0 Å². The Morgan fingerprint density at radius 3 is 2.71 bits per heavy atom. The second-order valence-electron chi connectivity index (χ2n) is 2.39. The molecule has 6 heteroatoms. The first kappa shape index (κ1) is 11.1. The van der Waals surface area contributed by atoms with Crippen LogP contribution in [0.4, 0.5) is 0 Å². The zero-order valence-corrected chi connectivity index (χ0v) is 8.71. The number of nitrogens with zero attached hydrogens (tertiary/aromatic N) is 1. The van der Waals surface area contributed by atoms with Gasteiger partial charge in [-0.2, -0.15) is 0 Å². The van der Waals surface area contributed by atoms with Crippen LogP contribution in [-0.4, -0.2) is 22.8 Å². The lowest BCUT2D eigenvalue weighted by Gasteiger charge is -2.09. The first-order valence-corrected chi connectivity index (χ1v) is 4.31. The number of methoxy groups -OCH3 is 1. The van der Waals surface area contributed by atoms with E-state index in [1.54, 1.807) is 12.1 Å². The molecule has 0 atom stereocenters. The fourth-order valence-corrected chi connectivity index (χ4v) is 1.31. The largest absolute Gasteiger partial charge is 0.495 e. The summed E-state index contributed by atoms with van der Waals surface area (Å²) in [5.74, 6) is -0.466. The van der Waals surface area contributed by atoms with E-state index >= 15 is 0 Å². The standard InChI is InChI=1S/C8H7Cl2NO3/c1-14-6-4-2-3-5(7(6)9)8(12)11(10)13/h2-4,13H,1H3. The summed E-state index contributed by atoms with van der Waals surface area (Å²) in [7, 11) is 1.42. The summed E-state index contributed by atoms with van der Waals surface area (Å²) in [6, 6.07) is 4.59. The highest BCUT2D eigenvalue weighted by Gasteiger charge is 2.17.